The van der Waals surface area contributed by atoms with Crippen molar-refractivity contribution in [3.63, 3.8) is 0 Å². The molecule has 4 heteroatoms. The van der Waals surface area contributed by atoms with E-state index in [0.717, 1.165) is 0 Å². The maximum absolute atomic E-state index is 12.6. The summed E-state index contributed by atoms with van der Waals surface area (Å²) in [7, 11) is 0. The van der Waals surface area contributed by atoms with Crippen LogP contribution in [0.2, 0.25) is 0 Å². The van der Waals surface area contributed by atoms with Crippen LogP contribution >= 0.6 is 0 Å². The minimum absolute atomic E-state index is 0.115. The molecule has 1 aromatic carbocycles. The van der Waals surface area contributed by atoms with Gasteiger partial charge in [0.05, 0.1) is 6.10 Å². The van der Waals surface area contributed by atoms with E-state index in [4.69, 9.17) is 0 Å². The normalized spacial score (nSPS) is 12.2. The number of benzene rings is 1. The number of amides is 1. The highest BCUT2D eigenvalue weighted by molar-refractivity contribution is 5.75. The molecule has 0 aliphatic rings. The largest absolute Gasteiger partial charge is 0.387 e. The fraction of sp³-hybridized carbons (Fsp3) is 0.364. The molecule has 2 N–H and O–H groups in total. The van der Waals surface area contributed by atoms with Gasteiger partial charge < -0.3 is 10.4 Å². The first-order valence-electron chi connectivity index (χ1n) is 4.83. The number of nitrogens with one attached hydrogen (secondary N) is 1. The molecule has 3 nitrogen and oxygen atoms in total. The number of halogens is 1. The summed E-state index contributed by atoms with van der Waals surface area (Å²) < 4.78 is 12.6. The molecule has 1 unspecified atom stereocenters. The number of rotatable bonds is 4. The van der Waals surface area contributed by atoms with E-state index in [2.05, 4.69) is 5.32 Å². The maximum Gasteiger partial charge on any atom is 0.219 e. The Bertz CT molecular complexity index is 324. The molecule has 0 aromatic heterocycles. The molecular weight excluding hydrogens is 197 g/mol. The summed E-state index contributed by atoms with van der Waals surface area (Å²) >= 11 is 0. The molecule has 1 amide bonds. The lowest BCUT2D eigenvalue weighted by molar-refractivity contribution is -0.121. The molecule has 15 heavy (non-hydrogen) atoms. The van der Waals surface area contributed by atoms with Gasteiger partial charge >= 0.3 is 0 Å². The first-order valence-corrected chi connectivity index (χ1v) is 4.83. The molecule has 0 saturated carbocycles. The molecule has 0 aliphatic heterocycles. The van der Waals surface area contributed by atoms with Gasteiger partial charge in [-0.25, -0.2) is 4.39 Å². The van der Waals surface area contributed by atoms with Gasteiger partial charge in [0.25, 0.3) is 0 Å². The van der Waals surface area contributed by atoms with Crippen LogP contribution in [0.15, 0.2) is 24.3 Å². The maximum atomic E-state index is 12.6. The lowest BCUT2D eigenvalue weighted by Crippen LogP contribution is -2.27. The number of aliphatic hydroxyl groups is 1. The summed E-state index contributed by atoms with van der Waals surface area (Å²) in [6, 6.07) is 5.55. The Kier molecular flexibility index (Phi) is 4.24. The van der Waals surface area contributed by atoms with Crippen LogP contribution in [0.1, 0.15) is 25.0 Å². The highest BCUT2D eigenvalue weighted by Crippen LogP contribution is 2.12. The average Bonchev–Trinajstić information content (AvgIpc) is 2.26. The predicted molar refractivity (Wildman–Crippen MR) is 54.7 cm³/mol. The topological polar surface area (TPSA) is 49.3 Å². The Balaban J connectivity index is 2.50. The fourth-order valence-electron chi connectivity index (χ4n) is 1.14. The fourth-order valence-corrected chi connectivity index (χ4v) is 1.14. The van der Waals surface area contributed by atoms with E-state index in [1.165, 1.54) is 24.3 Å². The summed E-state index contributed by atoms with van der Waals surface area (Å²) in [5.41, 5.74) is 0.591. The average molecular weight is 211 g/mol. The van der Waals surface area contributed by atoms with Crippen molar-refractivity contribution in [2.24, 2.45) is 0 Å². The quantitative estimate of drug-likeness (QED) is 0.790. The van der Waals surface area contributed by atoms with Crippen LogP contribution < -0.4 is 5.32 Å². The van der Waals surface area contributed by atoms with Gasteiger partial charge in [-0.1, -0.05) is 19.1 Å². The van der Waals surface area contributed by atoms with Gasteiger partial charge in [0.1, 0.15) is 5.82 Å². The molecule has 0 heterocycles. The van der Waals surface area contributed by atoms with Crippen molar-refractivity contribution in [1.82, 2.24) is 5.32 Å². The Morgan fingerprint density at radius 1 is 1.47 bits per heavy atom. The molecule has 0 saturated heterocycles. The smallest absolute Gasteiger partial charge is 0.219 e. The van der Waals surface area contributed by atoms with Gasteiger partial charge in [-0.2, -0.15) is 0 Å². The van der Waals surface area contributed by atoms with Gasteiger partial charge in [-0.15, -0.1) is 0 Å². The summed E-state index contributed by atoms with van der Waals surface area (Å²) in [6.07, 6.45) is -0.406. The summed E-state index contributed by atoms with van der Waals surface area (Å²) in [5.74, 6) is -0.459. The van der Waals surface area contributed by atoms with E-state index in [1.54, 1.807) is 6.92 Å². The van der Waals surface area contributed by atoms with E-state index in [0.29, 0.717) is 12.0 Å². The van der Waals surface area contributed by atoms with Gasteiger partial charge in [-0.05, 0) is 17.7 Å². The van der Waals surface area contributed by atoms with Crippen molar-refractivity contribution < 1.29 is 14.3 Å². The van der Waals surface area contributed by atoms with Crippen molar-refractivity contribution >= 4 is 5.91 Å². The van der Waals surface area contributed by atoms with Crippen LogP contribution in [-0.2, 0) is 4.79 Å². The predicted octanol–water partition coefficient (Wildman–Crippen LogP) is 1.39. The third-order valence-electron chi connectivity index (χ3n) is 2.07. The molecule has 0 radical (unpaired) electrons. The standard InChI is InChI=1S/C11H14FNO2/c1-2-11(15)13-7-10(14)8-3-5-9(12)6-4-8/h3-6,10,14H,2,7H2,1H3,(H,13,15). The van der Waals surface area contributed by atoms with Crippen molar-refractivity contribution in [1.29, 1.82) is 0 Å². The number of hydrogen-bond acceptors (Lipinski definition) is 2. The van der Waals surface area contributed by atoms with Crippen LogP contribution in [0.5, 0.6) is 0 Å². The second-order valence-electron chi connectivity index (χ2n) is 3.22. The summed E-state index contributed by atoms with van der Waals surface area (Å²) in [6.45, 7) is 1.89. The Morgan fingerprint density at radius 2 is 2.07 bits per heavy atom. The number of hydrogen-bond donors (Lipinski definition) is 2. The molecule has 0 bridgehead atoms. The van der Waals surface area contributed by atoms with E-state index >= 15 is 0 Å². The molecule has 82 valence electrons. The highest BCUT2D eigenvalue weighted by Gasteiger charge is 2.08. The zero-order chi connectivity index (χ0) is 11.3. The molecule has 0 aliphatic carbocycles. The second-order valence-corrected chi connectivity index (χ2v) is 3.22. The second kappa shape index (κ2) is 5.46. The van der Waals surface area contributed by atoms with Crippen molar-refractivity contribution in [2.45, 2.75) is 19.4 Å². The van der Waals surface area contributed by atoms with Crippen LogP contribution in [-0.4, -0.2) is 17.6 Å². The molecular formula is C11H14FNO2. The van der Waals surface area contributed by atoms with Gasteiger partial charge in [0.2, 0.25) is 5.91 Å². The van der Waals surface area contributed by atoms with E-state index in [1.807, 2.05) is 0 Å². The van der Waals surface area contributed by atoms with Gasteiger partial charge in [0.15, 0.2) is 0 Å². The minimum Gasteiger partial charge on any atom is -0.387 e. The lowest BCUT2D eigenvalue weighted by atomic mass is 10.1. The van der Waals surface area contributed by atoms with Gasteiger partial charge in [-0.3, -0.25) is 4.79 Å². The van der Waals surface area contributed by atoms with Crippen molar-refractivity contribution in [3.05, 3.63) is 35.6 Å². The third-order valence-corrected chi connectivity index (χ3v) is 2.07. The summed E-state index contributed by atoms with van der Waals surface area (Å²) in [5, 5.41) is 12.2. The van der Waals surface area contributed by atoms with Crippen molar-refractivity contribution in [3.8, 4) is 0 Å². The highest BCUT2D eigenvalue weighted by atomic mass is 19.1. The SMILES string of the molecule is CCC(=O)NCC(O)c1ccc(F)cc1. The first-order chi connectivity index (χ1) is 7.13. The first kappa shape index (κ1) is 11.7. The lowest BCUT2D eigenvalue weighted by Gasteiger charge is -2.11. The van der Waals surface area contributed by atoms with Crippen molar-refractivity contribution in [2.75, 3.05) is 6.54 Å². The number of carbonyl (C=O) groups excluding carboxylic acids is 1. The van der Waals surface area contributed by atoms with Crippen LogP contribution in [0.3, 0.4) is 0 Å². The molecule has 1 atom stereocenters. The molecule has 1 aromatic rings. The number of aliphatic hydroxyl groups excluding tert-OH is 1. The number of carbonyl (C=O) groups is 1. The van der Waals surface area contributed by atoms with Gasteiger partial charge in [0, 0.05) is 13.0 Å². The van der Waals surface area contributed by atoms with Crippen LogP contribution in [0.25, 0.3) is 0 Å². The van der Waals surface area contributed by atoms with Crippen LogP contribution in [0.4, 0.5) is 4.39 Å². The molecule has 0 fully saturated rings. The summed E-state index contributed by atoms with van der Waals surface area (Å²) in [4.78, 5) is 10.9. The molecule has 1 rings (SSSR count). The zero-order valence-corrected chi connectivity index (χ0v) is 8.53. The van der Waals surface area contributed by atoms with Crippen LogP contribution in [0, 0.1) is 5.82 Å². The minimum atomic E-state index is -0.791. The Hall–Kier alpha value is -1.42. The van der Waals surface area contributed by atoms with E-state index in [9.17, 15) is 14.3 Å². The zero-order valence-electron chi connectivity index (χ0n) is 8.53. The third kappa shape index (κ3) is 3.67. The Morgan fingerprint density at radius 3 is 2.60 bits per heavy atom. The Labute approximate surface area is 87.9 Å². The monoisotopic (exact) mass is 211 g/mol. The van der Waals surface area contributed by atoms with E-state index < -0.39 is 6.10 Å². The molecule has 0 spiro atoms. The van der Waals surface area contributed by atoms with E-state index in [-0.39, 0.29) is 18.3 Å².